The largest absolute Gasteiger partial charge is 0.480 e. The van der Waals surface area contributed by atoms with Gasteiger partial charge in [-0.05, 0) is 191 Å². The van der Waals surface area contributed by atoms with Crippen LogP contribution in [0, 0.1) is 11.8 Å². The van der Waals surface area contributed by atoms with Crippen LogP contribution in [-0.4, -0.2) is 222 Å². The number of carbonyl (C=O) groups excluding carboxylic acids is 6. The van der Waals surface area contributed by atoms with Crippen molar-refractivity contribution in [3.63, 3.8) is 0 Å². The van der Waals surface area contributed by atoms with E-state index in [4.69, 9.17) is 37.6 Å². The Hall–Kier alpha value is -6.19. The number of benzene rings is 3. The van der Waals surface area contributed by atoms with Crippen molar-refractivity contribution in [2.45, 2.75) is 327 Å². The fraction of sp³-hybridized carbons (Fsp3) is 0.681. The zero-order valence-corrected chi connectivity index (χ0v) is 81.0. The number of carbonyl (C=O) groups is 7. The van der Waals surface area contributed by atoms with Gasteiger partial charge in [0, 0.05) is 32.6 Å². The second-order valence-electron chi connectivity index (χ2n) is 39.1. The summed E-state index contributed by atoms with van der Waals surface area (Å²) in [5.41, 5.74) is -0.139. The second-order valence-corrected chi connectivity index (χ2v) is 58.0. The molecule has 0 bridgehead atoms. The van der Waals surface area contributed by atoms with Crippen molar-refractivity contribution in [1.82, 2.24) is 24.5 Å². The minimum atomic E-state index is -2.59. The molecular formula is C91H155BrN5O17PSi2. The number of ketones is 1. The minimum absolute atomic E-state index is 0. The number of aliphatic carboxylic acids is 1. The van der Waals surface area contributed by atoms with E-state index >= 15 is 0 Å². The Bertz CT molecular complexity index is 3590. The molecule has 5 saturated heterocycles. The quantitative estimate of drug-likeness (QED) is 0.0553. The number of carboxylic acids is 1. The van der Waals surface area contributed by atoms with Crippen molar-refractivity contribution < 1.29 is 81.4 Å². The summed E-state index contributed by atoms with van der Waals surface area (Å²) in [7, 11) is -3.71. The number of Topliss-reactive ketones (excluding diaryl/α,β-unsaturated/α-hetero) is 1. The van der Waals surface area contributed by atoms with Crippen molar-refractivity contribution in [2.24, 2.45) is 11.8 Å². The maximum Gasteiger partial charge on any atom is 0.411 e. The summed E-state index contributed by atoms with van der Waals surface area (Å²) in [5, 5.41) is 29.4. The molecule has 0 aliphatic carbocycles. The van der Waals surface area contributed by atoms with Crippen LogP contribution in [0.3, 0.4) is 0 Å². The first-order valence-corrected chi connectivity index (χ1v) is 51.8. The molecule has 117 heavy (non-hydrogen) atoms. The van der Waals surface area contributed by atoms with E-state index in [1.165, 1.54) is 36.9 Å². The Morgan fingerprint density at radius 3 is 1.03 bits per heavy atom. The molecule has 5 fully saturated rings. The smallest absolute Gasteiger partial charge is 0.411 e. The van der Waals surface area contributed by atoms with Crippen LogP contribution < -0.4 is 15.9 Å². The molecule has 5 aliphatic rings. The fourth-order valence-corrected chi connectivity index (χ4v) is 21.7. The summed E-state index contributed by atoms with van der Waals surface area (Å²) in [6, 6.07) is 31.6. The van der Waals surface area contributed by atoms with Crippen molar-refractivity contribution >= 4 is 95.6 Å². The number of rotatable bonds is 15. The molecule has 3 aromatic rings. The zero-order chi connectivity index (χ0) is 88.8. The molecule has 22 nitrogen and oxygen atoms in total. The molecule has 5 heterocycles. The van der Waals surface area contributed by atoms with Crippen molar-refractivity contribution in [1.29, 1.82) is 0 Å². The summed E-state index contributed by atoms with van der Waals surface area (Å²) < 4.78 is 39.3. The summed E-state index contributed by atoms with van der Waals surface area (Å²) in [6.07, 6.45) is 8.59. The minimum Gasteiger partial charge on any atom is -0.480 e. The molecule has 0 radical (unpaired) electrons. The van der Waals surface area contributed by atoms with Gasteiger partial charge in [0.05, 0.1) is 57.1 Å². The molecule has 0 unspecified atom stereocenters. The summed E-state index contributed by atoms with van der Waals surface area (Å²) in [5.74, 6) is -0.144. The fourth-order valence-electron chi connectivity index (χ4n) is 13.1. The number of allylic oxidation sites excluding steroid dienone is 2. The van der Waals surface area contributed by atoms with Crippen LogP contribution in [0.1, 0.15) is 232 Å². The molecule has 5 amide bonds. The molecule has 0 spiro atoms. The van der Waals surface area contributed by atoms with E-state index in [9.17, 15) is 43.8 Å². The predicted octanol–water partition coefficient (Wildman–Crippen LogP) is 20.1. The van der Waals surface area contributed by atoms with E-state index in [1.54, 1.807) is 30.6 Å². The van der Waals surface area contributed by atoms with Crippen LogP contribution in [0.15, 0.2) is 114 Å². The molecule has 3 aromatic carbocycles. The van der Waals surface area contributed by atoms with E-state index in [1.807, 2.05) is 115 Å². The molecule has 5 aliphatic heterocycles. The first kappa shape index (κ1) is 107. The number of hydrogen-bond acceptors (Lipinski definition) is 16. The molecular weight excluding hydrogens is 1600 g/mol. The molecule has 26 heteroatoms. The van der Waals surface area contributed by atoms with E-state index in [2.05, 4.69) is 194 Å². The van der Waals surface area contributed by atoms with Crippen LogP contribution in [0.5, 0.6) is 0 Å². The van der Waals surface area contributed by atoms with Gasteiger partial charge in [-0.15, -0.1) is 0 Å². The van der Waals surface area contributed by atoms with Gasteiger partial charge in [-0.25, -0.2) is 28.8 Å². The average molecular weight is 1760 g/mol. The molecule has 666 valence electrons. The van der Waals surface area contributed by atoms with Crippen molar-refractivity contribution in [3.05, 3.63) is 114 Å². The third-order valence-corrected chi connectivity index (χ3v) is 41.4. The van der Waals surface area contributed by atoms with Gasteiger partial charge >= 0.3 is 177 Å². The van der Waals surface area contributed by atoms with Crippen LogP contribution in [0.2, 0.25) is 36.3 Å². The monoisotopic (exact) mass is 1760 g/mol. The Labute approximate surface area is 715 Å². The van der Waals surface area contributed by atoms with Gasteiger partial charge in [-0.1, -0.05) is 99.0 Å². The standard InChI is InChI=1S/C20H20BrP.C18H35NO3Si.C16H31NO4Si.C12H21NO4.C12H23NO3.C12H21NO3.CH4/c1-2-22(21,18-12-6-3-7-13-18,19-14-8-4-9-15-19)20-16-10-5-11-17-20;1-10-14-11-15(13-21-23(8,9)18(5,6)7)19(12-14)16(20)22-17(2,3)4;1-15(2,3)21-14(19)17-10-13(18)9-12(17)11-20-22(7,8)16(4,5)6;1-5-8-6-9(10(14)15)13(7-8)11(16)17-12(2,3)4;2*1-5-9-6-10(8-14)13(7-9)11(15)16-12(2,3)4;/h3-17H,2H2,1H3;10,15H,11-13H2,1-9H3;12H,9-11H2,1-8H3;8-9H,5-7H2,1-4H3,(H,14,15);9-10,14H,5-8H2,1-4H3;5,10,14H,6-8H2,1-4H3;1H4/b;14-10+;;;;9-5+;/t;15-;12-;8-,9+;9-,10+;10-;/m.00110./s1. The van der Waals surface area contributed by atoms with Crippen LogP contribution in [0.25, 0.3) is 0 Å². The zero-order valence-electron chi connectivity index (χ0n) is 76.5. The van der Waals surface area contributed by atoms with Gasteiger partial charge in [-0.2, -0.15) is 0 Å². The number of halogens is 1. The number of hydrogen-bond donors (Lipinski definition) is 3. The van der Waals surface area contributed by atoms with Crippen LogP contribution in [-0.2, 0) is 42.1 Å². The van der Waals surface area contributed by atoms with Crippen molar-refractivity contribution in [2.75, 3.05) is 65.3 Å². The normalized spacial score (nSPS) is 21.1. The Morgan fingerprint density at radius 2 is 0.735 bits per heavy atom. The SMILES string of the molecule is C.C/C=C1\C[C@@H](CO)N(C(=O)OC(C)(C)C)C1.C/C=C1\C[C@@H](CO[Si](C)(C)C(C)(C)C)N(C(=O)OC(C)(C)C)C1.CC(C)(C)OC(=O)N1CC(=O)C[C@H]1CO[Si](C)(C)C(C)(C)C.CCP(Br)(c1ccccc1)(c1ccccc1)c1ccccc1.CC[C@@H]1C[C@@H](C(=O)O)N(C(=O)OC(C)(C)C)C1.CC[C@@H]1C[C@@H](CO)N(C(=O)OC(C)(C)C)C1. The van der Waals surface area contributed by atoms with Gasteiger partial charge in [0.1, 0.15) is 34.0 Å². The Morgan fingerprint density at radius 1 is 0.444 bits per heavy atom. The first-order chi connectivity index (χ1) is 53.2. The number of aliphatic hydroxyl groups excluding tert-OH is 2. The molecule has 8 rings (SSSR count). The van der Waals surface area contributed by atoms with Crippen molar-refractivity contribution in [3.8, 4) is 0 Å². The molecule has 7 atom stereocenters. The summed E-state index contributed by atoms with van der Waals surface area (Å²) in [6.45, 7) is 63.5. The van der Waals surface area contributed by atoms with Gasteiger partial charge < -0.3 is 52.8 Å². The topological polar surface area (TPSA) is 261 Å². The maximum atomic E-state index is 12.5. The number of ether oxygens (including phenoxy) is 5. The average Bonchev–Trinajstić information content (AvgIpc) is 1.41. The number of aliphatic hydroxyl groups is 2. The van der Waals surface area contributed by atoms with Crippen LogP contribution >= 0.6 is 20.8 Å². The van der Waals surface area contributed by atoms with Gasteiger partial charge in [0.25, 0.3) is 0 Å². The van der Waals surface area contributed by atoms with E-state index in [0.717, 1.165) is 38.3 Å². The second kappa shape index (κ2) is 44.6. The Kier molecular flexibility index (Phi) is 40.7. The van der Waals surface area contributed by atoms with Gasteiger partial charge in [-0.3, -0.25) is 24.4 Å². The molecule has 0 aromatic heterocycles. The third kappa shape index (κ3) is 33.0. The van der Waals surface area contributed by atoms with Gasteiger partial charge in [0.15, 0.2) is 22.4 Å². The first-order valence-electron chi connectivity index (χ1n) is 41.6. The Balaban J connectivity index is 0.000000478. The number of amides is 5. The summed E-state index contributed by atoms with van der Waals surface area (Å²) >= 11 is 4.35. The third-order valence-electron chi connectivity index (χ3n) is 21.9. The number of carboxylic acid groups (broad SMARTS) is 1. The predicted molar refractivity (Wildman–Crippen MR) is 486 cm³/mol. The molecule has 0 saturated carbocycles. The van der Waals surface area contributed by atoms with E-state index < -0.39 is 74.1 Å². The summed E-state index contributed by atoms with van der Waals surface area (Å²) in [4.78, 5) is 91.1. The van der Waals surface area contributed by atoms with Crippen LogP contribution in [0.4, 0.5) is 24.0 Å². The maximum absolute atomic E-state index is 12.5. The molecule has 3 N–H and O–H groups in total. The van der Waals surface area contributed by atoms with E-state index in [-0.39, 0.29) is 91.4 Å². The van der Waals surface area contributed by atoms with Gasteiger partial charge in [0.2, 0.25) is 0 Å². The number of likely N-dealkylation sites (tertiary alicyclic amines) is 5. The van der Waals surface area contributed by atoms with E-state index in [0.29, 0.717) is 58.2 Å². The number of nitrogens with zero attached hydrogens (tertiary/aromatic N) is 5.